The molecule has 0 spiro atoms. The maximum absolute atomic E-state index is 13.3. The van der Waals surface area contributed by atoms with Gasteiger partial charge in [-0.1, -0.05) is 18.5 Å². The summed E-state index contributed by atoms with van der Waals surface area (Å²) in [6, 6.07) is 4.19. The van der Waals surface area contributed by atoms with E-state index >= 15 is 0 Å². The van der Waals surface area contributed by atoms with Crippen LogP contribution in [0.2, 0.25) is 5.02 Å². The highest BCUT2D eigenvalue weighted by molar-refractivity contribution is 6.30. The van der Waals surface area contributed by atoms with Crippen LogP contribution >= 0.6 is 11.6 Å². The number of hydrogen-bond donors (Lipinski definition) is 0. The van der Waals surface area contributed by atoms with Crippen molar-refractivity contribution in [3.8, 4) is 0 Å². The van der Waals surface area contributed by atoms with Gasteiger partial charge >= 0.3 is 0 Å². The second-order valence-electron chi connectivity index (χ2n) is 3.81. The Balaban J connectivity index is 2.28. The van der Waals surface area contributed by atoms with Crippen molar-refractivity contribution in [2.45, 2.75) is 13.3 Å². The average Bonchev–Trinajstić information content (AvgIpc) is 2.81. The largest absolute Gasteiger partial charge is 0.294 e. The Morgan fingerprint density at radius 1 is 1.57 bits per heavy atom. The first-order valence-corrected chi connectivity index (χ1v) is 4.96. The Bertz CT molecular complexity index is 389. The zero-order chi connectivity index (χ0) is 10.3. The molecule has 0 radical (unpaired) electrons. The minimum Gasteiger partial charge on any atom is -0.294 e. The van der Waals surface area contributed by atoms with Gasteiger partial charge in [0.1, 0.15) is 5.82 Å². The average molecular weight is 213 g/mol. The highest BCUT2D eigenvalue weighted by atomic mass is 35.5. The highest BCUT2D eigenvalue weighted by Crippen LogP contribution is 2.40. The minimum atomic E-state index is -0.512. The quantitative estimate of drug-likeness (QED) is 0.688. The normalized spacial score (nSPS) is 24.8. The lowest BCUT2D eigenvalue weighted by Gasteiger charge is -2.01. The summed E-state index contributed by atoms with van der Waals surface area (Å²) in [5, 5.41) is 0.322. The molecule has 2 unspecified atom stereocenters. The van der Waals surface area contributed by atoms with Gasteiger partial charge in [0.25, 0.3) is 0 Å². The van der Waals surface area contributed by atoms with Gasteiger partial charge in [0.2, 0.25) is 0 Å². The SMILES string of the molecule is CC1CC1C(=O)c1ccc(Cl)cc1F. The third kappa shape index (κ3) is 1.67. The van der Waals surface area contributed by atoms with Gasteiger partial charge in [0.15, 0.2) is 5.78 Å². The molecule has 0 aliphatic heterocycles. The summed E-state index contributed by atoms with van der Waals surface area (Å²) >= 11 is 5.59. The summed E-state index contributed by atoms with van der Waals surface area (Å²) in [7, 11) is 0. The van der Waals surface area contributed by atoms with Crippen LogP contribution in [0.5, 0.6) is 0 Å². The van der Waals surface area contributed by atoms with Gasteiger partial charge in [0, 0.05) is 10.9 Å². The van der Waals surface area contributed by atoms with Crippen LogP contribution in [0.25, 0.3) is 0 Å². The molecule has 1 aromatic rings. The number of rotatable bonds is 2. The third-order valence-electron chi connectivity index (χ3n) is 2.64. The van der Waals surface area contributed by atoms with E-state index in [9.17, 15) is 9.18 Å². The standard InChI is InChI=1S/C11H10ClFO/c1-6-4-9(6)11(14)8-3-2-7(12)5-10(8)13/h2-3,5-6,9H,4H2,1H3. The lowest BCUT2D eigenvalue weighted by atomic mass is 10.1. The molecule has 0 heterocycles. The van der Waals surface area contributed by atoms with E-state index in [-0.39, 0.29) is 17.3 Å². The van der Waals surface area contributed by atoms with Crippen LogP contribution in [0.15, 0.2) is 18.2 Å². The molecule has 1 fully saturated rings. The Labute approximate surface area is 86.9 Å². The number of carbonyl (C=O) groups is 1. The van der Waals surface area contributed by atoms with Crippen LogP contribution in [0.3, 0.4) is 0 Å². The van der Waals surface area contributed by atoms with Crippen molar-refractivity contribution in [3.05, 3.63) is 34.6 Å². The van der Waals surface area contributed by atoms with Gasteiger partial charge in [-0.05, 0) is 30.5 Å². The molecular formula is C11H10ClFO. The molecule has 1 aliphatic rings. The molecule has 0 bridgehead atoms. The van der Waals surface area contributed by atoms with Crippen molar-refractivity contribution in [2.24, 2.45) is 11.8 Å². The van der Waals surface area contributed by atoms with Crippen LogP contribution < -0.4 is 0 Å². The summed E-state index contributed by atoms with van der Waals surface area (Å²) in [6.07, 6.45) is 0.876. The van der Waals surface area contributed by atoms with Crippen LogP contribution in [0, 0.1) is 17.7 Å². The smallest absolute Gasteiger partial charge is 0.169 e. The summed E-state index contributed by atoms with van der Waals surface area (Å²) < 4.78 is 13.3. The van der Waals surface area contributed by atoms with Crippen LogP contribution in [0.4, 0.5) is 4.39 Å². The molecule has 0 aromatic heterocycles. The molecule has 74 valence electrons. The van der Waals surface area contributed by atoms with E-state index in [1.807, 2.05) is 6.92 Å². The summed E-state index contributed by atoms with van der Waals surface area (Å²) in [4.78, 5) is 11.7. The topological polar surface area (TPSA) is 17.1 Å². The number of halogens is 2. The first kappa shape index (κ1) is 9.66. The van der Waals surface area contributed by atoms with E-state index in [1.54, 1.807) is 6.07 Å². The van der Waals surface area contributed by atoms with E-state index in [2.05, 4.69) is 0 Å². The molecule has 1 nitrogen and oxygen atoms in total. The highest BCUT2D eigenvalue weighted by Gasteiger charge is 2.40. The van der Waals surface area contributed by atoms with Crippen LogP contribution in [0.1, 0.15) is 23.7 Å². The van der Waals surface area contributed by atoms with Crippen molar-refractivity contribution in [1.82, 2.24) is 0 Å². The Kier molecular flexibility index (Phi) is 2.31. The van der Waals surface area contributed by atoms with E-state index in [1.165, 1.54) is 12.1 Å². The fourth-order valence-electron chi connectivity index (χ4n) is 1.58. The Hall–Kier alpha value is -0.890. The second-order valence-corrected chi connectivity index (χ2v) is 4.24. The lowest BCUT2D eigenvalue weighted by molar-refractivity contribution is 0.0958. The van der Waals surface area contributed by atoms with Gasteiger partial charge in [-0.2, -0.15) is 0 Å². The molecule has 0 amide bonds. The molecule has 1 aromatic carbocycles. The van der Waals surface area contributed by atoms with Crippen molar-refractivity contribution < 1.29 is 9.18 Å². The predicted octanol–water partition coefficient (Wildman–Crippen LogP) is 3.32. The Morgan fingerprint density at radius 2 is 2.21 bits per heavy atom. The molecule has 2 atom stereocenters. The monoisotopic (exact) mass is 212 g/mol. The van der Waals surface area contributed by atoms with E-state index in [4.69, 9.17) is 11.6 Å². The van der Waals surface area contributed by atoms with E-state index in [0.29, 0.717) is 10.9 Å². The third-order valence-corrected chi connectivity index (χ3v) is 2.88. The fraction of sp³-hybridized carbons (Fsp3) is 0.364. The van der Waals surface area contributed by atoms with Crippen molar-refractivity contribution in [3.63, 3.8) is 0 Å². The van der Waals surface area contributed by atoms with E-state index in [0.717, 1.165) is 6.42 Å². The molecule has 3 heteroatoms. The lowest BCUT2D eigenvalue weighted by Crippen LogP contribution is -2.05. The van der Waals surface area contributed by atoms with Crippen LogP contribution in [-0.4, -0.2) is 5.78 Å². The predicted molar refractivity (Wildman–Crippen MR) is 53.0 cm³/mol. The molecule has 0 saturated heterocycles. The summed E-state index contributed by atoms with van der Waals surface area (Å²) in [6.45, 7) is 2.00. The first-order valence-electron chi connectivity index (χ1n) is 4.59. The summed E-state index contributed by atoms with van der Waals surface area (Å²) in [5.74, 6) is -0.184. The first-order chi connectivity index (χ1) is 6.59. The zero-order valence-corrected chi connectivity index (χ0v) is 8.51. The number of Topliss-reactive ketones (excluding diaryl/α,β-unsaturated/α-hetero) is 1. The molecule has 1 saturated carbocycles. The molecule has 2 rings (SSSR count). The molecule has 1 aliphatic carbocycles. The fourth-order valence-corrected chi connectivity index (χ4v) is 1.74. The molecular weight excluding hydrogens is 203 g/mol. The number of hydrogen-bond acceptors (Lipinski definition) is 1. The minimum absolute atomic E-state index is 0.0191. The van der Waals surface area contributed by atoms with E-state index < -0.39 is 5.82 Å². The van der Waals surface area contributed by atoms with Crippen LogP contribution in [-0.2, 0) is 0 Å². The zero-order valence-electron chi connectivity index (χ0n) is 7.76. The second kappa shape index (κ2) is 3.35. The maximum atomic E-state index is 13.3. The van der Waals surface area contributed by atoms with Gasteiger partial charge in [-0.15, -0.1) is 0 Å². The molecule has 0 N–H and O–H groups in total. The Morgan fingerprint density at radius 3 is 2.71 bits per heavy atom. The van der Waals surface area contributed by atoms with Gasteiger partial charge in [0.05, 0.1) is 5.56 Å². The van der Waals surface area contributed by atoms with Gasteiger partial charge in [-0.25, -0.2) is 4.39 Å². The number of ketones is 1. The van der Waals surface area contributed by atoms with Crippen molar-refractivity contribution >= 4 is 17.4 Å². The molecule has 14 heavy (non-hydrogen) atoms. The van der Waals surface area contributed by atoms with Crippen molar-refractivity contribution in [1.29, 1.82) is 0 Å². The van der Waals surface area contributed by atoms with Gasteiger partial charge < -0.3 is 0 Å². The van der Waals surface area contributed by atoms with Gasteiger partial charge in [-0.3, -0.25) is 4.79 Å². The van der Waals surface area contributed by atoms with Crippen molar-refractivity contribution in [2.75, 3.05) is 0 Å². The summed E-state index contributed by atoms with van der Waals surface area (Å²) in [5.41, 5.74) is 0.170. The maximum Gasteiger partial charge on any atom is 0.169 e. The number of carbonyl (C=O) groups excluding carboxylic acids is 1. The number of benzene rings is 1.